The van der Waals surface area contributed by atoms with Gasteiger partial charge in [-0.1, -0.05) is 56.2 Å². The molecule has 0 heterocycles. The van der Waals surface area contributed by atoms with Crippen molar-refractivity contribution in [3.05, 3.63) is 65.5 Å². The summed E-state index contributed by atoms with van der Waals surface area (Å²) in [7, 11) is 3.28. The van der Waals surface area contributed by atoms with Gasteiger partial charge in [0.15, 0.2) is 0 Å². The van der Waals surface area contributed by atoms with Crippen molar-refractivity contribution >= 4 is 18.1 Å². The van der Waals surface area contributed by atoms with Crippen molar-refractivity contribution in [1.29, 1.82) is 0 Å². The number of ether oxygens (including phenoxy) is 1. The third-order valence-electron chi connectivity index (χ3n) is 7.09. The zero-order valence-corrected chi connectivity index (χ0v) is 26.8. The maximum absolute atomic E-state index is 13.2. The van der Waals surface area contributed by atoms with Crippen molar-refractivity contribution in [3.8, 4) is 5.75 Å². The summed E-state index contributed by atoms with van der Waals surface area (Å²) in [4.78, 5) is 37.6. The molecule has 0 spiro atoms. The Hall–Kier alpha value is -3.34. The average Bonchev–Trinajstić information content (AvgIpc) is 2.97. The summed E-state index contributed by atoms with van der Waals surface area (Å²) in [6.45, 7) is 10.7. The van der Waals surface area contributed by atoms with Crippen LogP contribution in [0.5, 0.6) is 5.75 Å². The standard InChI is InChI=1S/C26H44N4O5.C7H7F/c1-7-19(2)24(25(33)30(6)22(18-31)26(3,4)34)29-15-16-35-21-13-9-8-11-20(21)12-10-14-28-23(32)17-27-5;1-6-2-4-7(8)5-3-6/h8-9,11,13,18-19,22,24,27,29,34H,7,10,12,14-17H2,1-6H3,(H,28,32);2-5H,1H3. The Morgan fingerprint density at radius 2 is 1.77 bits per heavy atom. The van der Waals surface area contributed by atoms with E-state index in [-0.39, 0.29) is 23.5 Å². The molecule has 10 heteroatoms. The van der Waals surface area contributed by atoms with Crippen LogP contribution >= 0.6 is 0 Å². The highest BCUT2D eigenvalue weighted by Gasteiger charge is 2.36. The van der Waals surface area contributed by atoms with Gasteiger partial charge in [-0.3, -0.25) is 9.59 Å². The summed E-state index contributed by atoms with van der Waals surface area (Å²) in [5.74, 6) is 0.378. The number of halogens is 1. The lowest BCUT2D eigenvalue weighted by Gasteiger charge is -2.36. The number of aryl methyl sites for hydroxylation is 2. The predicted molar refractivity (Wildman–Crippen MR) is 168 cm³/mol. The molecule has 0 aliphatic carbocycles. The Labute approximate surface area is 256 Å². The molecule has 0 bridgehead atoms. The molecule has 240 valence electrons. The molecule has 0 saturated heterocycles. The first kappa shape index (κ1) is 37.7. The molecule has 3 atom stereocenters. The van der Waals surface area contributed by atoms with Crippen molar-refractivity contribution in [1.82, 2.24) is 20.9 Å². The van der Waals surface area contributed by atoms with Crippen LogP contribution < -0.4 is 20.7 Å². The number of para-hydroxylation sites is 1. The van der Waals surface area contributed by atoms with Crippen LogP contribution in [0.3, 0.4) is 0 Å². The van der Waals surface area contributed by atoms with E-state index >= 15 is 0 Å². The van der Waals surface area contributed by atoms with Crippen LogP contribution in [0.2, 0.25) is 0 Å². The minimum absolute atomic E-state index is 0.0267. The summed E-state index contributed by atoms with van der Waals surface area (Å²) >= 11 is 0. The number of hydrogen-bond acceptors (Lipinski definition) is 7. The van der Waals surface area contributed by atoms with Gasteiger partial charge in [0.2, 0.25) is 11.8 Å². The molecular formula is C33H51FN4O5. The van der Waals surface area contributed by atoms with Crippen molar-refractivity contribution in [2.24, 2.45) is 5.92 Å². The van der Waals surface area contributed by atoms with E-state index in [1.807, 2.05) is 45.0 Å². The summed E-state index contributed by atoms with van der Waals surface area (Å²) in [6, 6.07) is 12.8. The first-order valence-corrected chi connectivity index (χ1v) is 14.9. The van der Waals surface area contributed by atoms with Gasteiger partial charge in [0.05, 0.1) is 18.2 Å². The second-order valence-corrected chi connectivity index (χ2v) is 11.2. The van der Waals surface area contributed by atoms with Gasteiger partial charge in [0.25, 0.3) is 0 Å². The fourth-order valence-corrected chi connectivity index (χ4v) is 4.35. The molecule has 43 heavy (non-hydrogen) atoms. The monoisotopic (exact) mass is 602 g/mol. The molecule has 0 radical (unpaired) electrons. The lowest BCUT2D eigenvalue weighted by atomic mass is 9.94. The number of aliphatic hydroxyl groups is 1. The molecule has 0 aliphatic rings. The van der Waals surface area contributed by atoms with Gasteiger partial charge in [-0.25, -0.2) is 4.39 Å². The highest BCUT2D eigenvalue weighted by molar-refractivity contribution is 5.85. The van der Waals surface area contributed by atoms with Gasteiger partial charge in [-0.05, 0) is 70.3 Å². The number of nitrogens with zero attached hydrogens (tertiary/aromatic N) is 1. The molecular weight excluding hydrogens is 551 g/mol. The Morgan fingerprint density at radius 3 is 2.33 bits per heavy atom. The maximum atomic E-state index is 13.2. The van der Waals surface area contributed by atoms with Crippen molar-refractivity contribution in [2.45, 2.75) is 71.6 Å². The van der Waals surface area contributed by atoms with Gasteiger partial charge in [0.1, 0.15) is 30.5 Å². The summed E-state index contributed by atoms with van der Waals surface area (Å²) in [5.41, 5.74) is 0.810. The third-order valence-corrected chi connectivity index (χ3v) is 7.09. The fourth-order valence-electron chi connectivity index (χ4n) is 4.35. The molecule has 3 unspecified atom stereocenters. The fraction of sp³-hybridized carbons (Fsp3) is 0.545. The Balaban J connectivity index is 0.000000990. The molecule has 2 aromatic carbocycles. The first-order valence-electron chi connectivity index (χ1n) is 14.9. The minimum atomic E-state index is -1.34. The van der Waals surface area contributed by atoms with Gasteiger partial charge >= 0.3 is 0 Å². The second kappa shape index (κ2) is 19.8. The van der Waals surface area contributed by atoms with Crippen molar-refractivity contribution in [2.75, 3.05) is 40.3 Å². The lowest BCUT2D eigenvalue weighted by molar-refractivity contribution is -0.144. The summed E-state index contributed by atoms with van der Waals surface area (Å²) in [6.07, 6.45) is 2.95. The molecule has 9 nitrogen and oxygen atoms in total. The summed E-state index contributed by atoms with van der Waals surface area (Å²) in [5, 5.41) is 19.3. The summed E-state index contributed by atoms with van der Waals surface area (Å²) < 4.78 is 18.1. The van der Waals surface area contributed by atoms with Gasteiger partial charge in [-0.2, -0.15) is 0 Å². The first-order chi connectivity index (χ1) is 20.3. The van der Waals surface area contributed by atoms with E-state index in [9.17, 15) is 23.9 Å². The molecule has 0 saturated carbocycles. The molecule has 2 amide bonds. The maximum Gasteiger partial charge on any atom is 0.240 e. The quantitative estimate of drug-likeness (QED) is 0.162. The molecule has 4 N–H and O–H groups in total. The Kier molecular flexibility index (Phi) is 17.3. The Morgan fingerprint density at radius 1 is 1.12 bits per heavy atom. The number of likely N-dealkylation sites (N-methyl/N-ethyl adjacent to an activating group) is 2. The van der Waals surface area contributed by atoms with Crippen molar-refractivity contribution < 1.29 is 28.6 Å². The largest absolute Gasteiger partial charge is 0.492 e. The SMILES string of the molecule is CCC(C)C(NCCOc1ccccc1CCCNC(=O)CNC)C(=O)N(C)C(C=O)C(C)(C)O.Cc1ccc(F)cc1. The Bertz CT molecular complexity index is 1090. The van der Waals surface area contributed by atoms with E-state index in [0.29, 0.717) is 32.5 Å². The van der Waals surface area contributed by atoms with Crippen LogP contribution in [0.4, 0.5) is 4.39 Å². The van der Waals surface area contributed by atoms with Crippen LogP contribution in [-0.2, 0) is 20.8 Å². The van der Waals surface area contributed by atoms with Crippen LogP contribution in [0.25, 0.3) is 0 Å². The molecule has 0 aliphatic heterocycles. The molecule has 2 aromatic rings. The number of aldehydes is 1. The minimum Gasteiger partial charge on any atom is -0.492 e. The van der Waals surface area contributed by atoms with Crippen LogP contribution in [-0.4, -0.2) is 86.1 Å². The third kappa shape index (κ3) is 14.1. The van der Waals surface area contributed by atoms with Crippen LogP contribution in [0.15, 0.2) is 48.5 Å². The van der Waals surface area contributed by atoms with Gasteiger partial charge in [-0.15, -0.1) is 0 Å². The zero-order chi connectivity index (χ0) is 32.4. The number of rotatable bonds is 17. The number of carbonyl (C=O) groups is 3. The topological polar surface area (TPSA) is 120 Å². The smallest absolute Gasteiger partial charge is 0.240 e. The zero-order valence-electron chi connectivity index (χ0n) is 26.8. The van der Waals surface area contributed by atoms with Crippen LogP contribution in [0.1, 0.15) is 51.7 Å². The van der Waals surface area contributed by atoms with Crippen molar-refractivity contribution in [3.63, 3.8) is 0 Å². The molecule has 0 aromatic heterocycles. The normalized spacial score (nSPS) is 13.1. The van der Waals surface area contributed by atoms with Gasteiger partial charge < -0.3 is 35.5 Å². The molecule has 0 fully saturated rings. The number of hydrogen-bond donors (Lipinski definition) is 4. The number of benzene rings is 2. The molecule has 2 rings (SSSR count). The lowest BCUT2D eigenvalue weighted by Crippen LogP contribution is -2.57. The number of carbonyl (C=O) groups excluding carboxylic acids is 3. The number of amides is 2. The number of nitrogens with one attached hydrogen (secondary N) is 3. The van der Waals surface area contributed by atoms with E-state index < -0.39 is 17.7 Å². The average molecular weight is 603 g/mol. The highest BCUT2D eigenvalue weighted by atomic mass is 19.1. The van der Waals surface area contributed by atoms with E-state index in [0.717, 1.165) is 36.1 Å². The van der Waals surface area contributed by atoms with Gasteiger partial charge in [0, 0.05) is 20.1 Å². The van der Waals surface area contributed by atoms with E-state index in [1.165, 1.54) is 30.9 Å². The highest BCUT2D eigenvalue weighted by Crippen LogP contribution is 2.20. The van der Waals surface area contributed by atoms with Crippen LogP contribution in [0, 0.1) is 18.7 Å². The van der Waals surface area contributed by atoms with E-state index in [1.54, 1.807) is 26.2 Å². The predicted octanol–water partition coefficient (Wildman–Crippen LogP) is 3.27. The second-order valence-electron chi connectivity index (χ2n) is 11.2. The van der Waals surface area contributed by atoms with E-state index in [4.69, 9.17) is 4.74 Å². The van der Waals surface area contributed by atoms with E-state index in [2.05, 4.69) is 16.0 Å².